The molecule has 0 aliphatic carbocycles. The maximum atomic E-state index is 11.6. The van der Waals surface area contributed by atoms with Crippen LogP contribution in [0.4, 0.5) is 0 Å². The van der Waals surface area contributed by atoms with Gasteiger partial charge in [0.1, 0.15) is 25.4 Å². The van der Waals surface area contributed by atoms with Gasteiger partial charge in [0.15, 0.2) is 0 Å². The van der Waals surface area contributed by atoms with Gasteiger partial charge in [-0.05, 0) is 52.4 Å². The molecule has 0 aromatic heterocycles. The molecular weight excluding hydrogens is 614 g/mol. The number of carbonyl (C=O) groups excluding carboxylic acids is 2. The SMILES string of the molecule is CNC(=O)CO[C@H]1[C@H](C)/C=C(/C)COCCCCC/C=C/[C@@H]1OC.COC(=O)CO[C@H]1[C@H](C)/C=C(/C)COCCCCC/C=C/[C@@H]1OC. The third-order valence-corrected chi connectivity index (χ3v) is 8.26. The van der Waals surface area contributed by atoms with Gasteiger partial charge in [-0.2, -0.15) is 0 Å². The van der Waals surface area contributed by atoms with Crippen molar-refractivity contribution in [3.8, 4) is 0 Å². The van der Waals surface area contributed by atoms with Crippen LogP contribution in [0, 0.1) is 11.8 Å². The maximum Gasteiger partial charge on any atom is 0.331 e. The molecule has 0 spiro atoms. The second-order valence-electron chi connectivity index (χ2n) is 12.6. The van der Waals surface area contributed by atoms with Gasteiger partial charge in [-0.25, -0.2) is 4.79 Å². The predicted octanol–water partition coefficient (Wildman–Crippen LogP) is 6.15. The lowest BCUT2D eigenvalue weighted by molar-refractivity contribution is -0.151. The molecule has 2 rings (SSSR count). The number of rotatable bonds is 8. The van der Waals surface area contributed by atoms with Crippen molar-refractivity contribution in [3.05, 3.63) is 47.6 Å². The number of amides is 1. The molecule has 1 amide bonds. The molecule has 2 aliphatic heterocycles. The molecular formula is C38H65NO9. The van der Waals surface area contributed by atoms with Crippen LogP contribution in [-0.4, -0.2) is 104 Å². The zero-order valence-electron chi connectivity index (χ0n) is 31.0. The van der Waals surface area contributed by atoms with Crippen LogP contribution >= 0.6 is 0 Å². The van der Waals surface area contributed by atoms with E-state index < -0.39 is 0 Å². The molecule has 0 fully saturated rings. The Balaban J connectivity index is 0.000000480. The summed E-state index contributed by atoms with van der Waals surface area (Å²) in [4.78, 5) is 23.0. The molecule has 0 saturated carbocycles. The largest absolute Gasteiger partial charge is 0.467 e. The van der Waals surface area contributed by atoms with Gasteiger partial charge < -0.3 is 38.5 Å². The van der Waals surface area contributed by atoms with E-state index in [2.05, 4.69) is 68.1 Å². The molecule has 2 heterocycles. The monoisotopic (exact) mass is 679 g/mol. The average Bonchev–Trinajstić information content (AvgIpc) is 3.07. The third kappa shape index (κ3) is 19.6. The number of hydrogen-bond donors (Lipinski definition) is 1. The predicted molar refractivity (Wildman–Crippen MR) is 190 cm³/mol. The Morgan fingerprint density at radius 3 is 1.60 bits per heavy atom. The molecule has 0 aromatic carbocycles. The van der Waals surface area contributed by atoms with E-state index in [0.717, 1.165) is 70.2 Å². The van der Waals surface area contributed by atoms with Gasteiger partial charge in [0, 0.05) is 46.3 Å². The minimum absolute atomic E-state index is 0.0304. The van der Waals surface area contributed by atoms with Crippen LogP contribution in [0.5, 0.6) is 0 Å². The maximum absolute atomic E-state index is 11.6. The highest BCUT2D eigenvalue weighted by molar-refractivity contribution is 5.76. The van der Waals surface area contributed by atoms with Gasteiger partial charge in [0.05, 0.1) is 32.5 Å². The minimum Gasteiger partial charge on any atom is -0.467 e. The minimum atomic E-state index is -0.385. The molecule has 48 heavy (non-hydrogen) atoms. The lowest BCUT2D eigenvalue weighted by Gasteiger charge is -2.28. The number of ether oxygens (including phenoxy) is 7. The first kappa shape index (κ1) is 43.7. The molecule has 0 saturated heterocycles. The molecule has 276 valence electrons. The van der Waals surface area contributed by atoms with E-state index in [1.54, 1.807) is 21.3 Å². The van der Waals surface area contributed by atoms with E-state index in [1.165, 1.54) is 12.7 Å². The number of hydrogen-bond acceptors (Lipinski definition) is 9. The van der Waals surface area contributed by atoms with Crippen LogP contribution in [0.3, 0.4) is 0 Å². The quantitative estimate of drug-likeness (QED) is 0.239. The second kappa shape index (κ2) is 27.5. The van der Waals surface area contributed by atoms with E-state index >= 15 is 0 Å². The number of nitrogens with one attached hydrogen (secondary N) is 1. The van der Waals surface area contributed by atoms with Crippen molar-refractivity contribution < 1.29 is 42.7 Å². The fraction of sp³-hybridized carbons (Fsp3) is 0.737. The van der Waals surface area contributed by atoms with E-state index in [1.807, 2.05) is 6.08 Å². The summed E-state index contributed by atoms with van der Waals surface area (Å²) in [5, 5.41) is 2.59. The van der Waals surface area contributed by atoms with Gasteiger partial charge in [-0.3, -0.25) is 4.79 Å². The van der Waals surface area contributed by atoms with E-state index in [-0.39, 0.29) is 61.3 Å². The lowest BCUT2D eigenvalue weighted by Crippen LogP contribution is -2.37. The Kier molecular flexibility index (Phi) is 25.0. The van der Waals surface area contributed by atoms with Crippen LogP contribution in [0.1, 0.15) is 79.1 Å². The van der Waals surface area contributed by atoms with Gasteiger partial charge in [0.2, 0.25) is 5.91 Å². The summed E-state index contributed by atoms with van der Waals surface area (Å²) in [5.41, 5.74) is 2.33. The van der Waals surface area contributed by atoms with E-state index in [0.29, 0.717) is 13.2 Å². The Morgan fingerprint density at radius 2 is 1.19 bits per heavy atom. The smallest absolute Gasteiger partial charge is 0.331 e. The van der Waals surface area contributed by atoms with Crippen molar-refractivity contribution in [2.75, 3.05) is 68.0 Å². The van der Waals surface area contributed by atoms with Crippen LogP contribution in [0.15, 0.2) is 47.6 Å². The molecule has 1 N–H and O–H groups in total. The third-order valence-electron chi connectivity index (χ3n) is 8.26. The molecule has 10 heteroatoms. The molecule has 0 radical (unpaired) electrons. The van der Waals surface area contributed by atoms with Crippen LogP contribution < -0.4 is 5.32 Å². The molecule has 0 unspecified atom stereocenters. The van der Waals surface area contributed by atoms with Crippen molar-refractivity contribution in [3.63, 3.8) is 0 Å². The molecule has 2 aliphatic rings. The first-order valence-corrected chi connectivity index (χ1v) is 17.6. The Morgan fingerprint density at radius 1 is 0.729 bits per heavy atom. The molecule has 0 aromatic rings. The zero-order chi connectivity index (χ0) is 35.6. The fourth-order valence-electron chi connectivity index (χ4n) is 5.60. The number of allylic oxidation sites excluding steroid dienone is 2. The highest BCUT2D eigenvalue weighted by Crippen LogP contribution is 2.21. The van der Waals surface area contributed by atoms with Gasteiger partial charge in [-0.1, -0.05) is 74.3 Å². The number of carbonyl (C=O) groups is 2. The van der Waals surface area contributed by atoms with Crippen molar-refractivity contribution in [2.45, 2.75) is 103 Å². The summed E-state index contributed by atoms with van der Waals surface area (Å²) >= 11 is 0. The second-order valence-corrected chi connectivity index (χ2v) is 12.6. The highest BCUT2D eigenvalue weighted by atomic mass is 16.6. The number of esters is 1. The summed E-state index contributed by atoms with van der Waals surface area (Å²) in [6, 6.07) is 0. The van der Waals surface area contributed by atoms with Gasteiger partial charge >= 0.3 is 5.97 Å². The van der Waals surface area contributed by atoms with Gasteiger partial charge in [-0.15, -0.1) is 0 Å². The Bertz CT molecular complexity index is 915. The van der Waals surface area contributed by atoms with Crippen molar-refractivity contribution in [1.82, 2.24) is 5.32 Å². The molecule has 0 bridgehead atoms. The van der Waals surface area contributed by atoms with Crippen molar-refractivity contribution in [1.29, 1.82) is 0 Å². The van der Waals surface area contributed by atoms with Crippen LogP contribution in [0.25, 0.3) is 0 Å². The lowest BCUT2D eigenvalue weighted by atomic mass is 9.96. The average molecular weight is 680 g/mol. The Hall–Kier alpha value is -2.34. The standard InChI is InChI=1S/C19H33NO4.C19H32O5/c1-15-12-16(2)19(24-14-18(21)20-3)17(22-4)10-8-6-5-7-9-11-23-13-15;1-15-12-16(2)19(24-14-18(20)22-4)17(21-3)10-8-6-5-7-9-11-23-13-15/h8,10,12,16-17,19H,5-7,9,11,13-14H2,1-4H3,(H,20,21);8,10,12,16-17,19H,5-7,9,11,13-14H2,1-4H3/b2*10-8+,15-12-/t2*16-,17+,19+/m11/s1. The Labute approximate surface area is 290 Å². The molecule has 6 atom stereocenters. The van der Waals surface area contributed by atoms with Crippen molar-refractivity contribution in [2.24, 2.45) is 11.8 Å². The first-order chi connectivity index (χ1) is 23.2. The van der Waals surface area contributed by atoms with Crippen molar-refractivity contribution >= 4 is 11.9 Å². The summed E-state index contributed by atoms with van der Waals surface area (Å²) < 4.78 is 39.1. The van der Waals surface area contributed by atoms with E-state index in [4.69, 9.17) is 28.4 Å². The topological polar surface area (TPSA) is 111 Å². The summed E-state index contributed by atoms with van der Waals surface area (Å²) in [5.74, 6) is -0.333. The summed E-state index contributed by atoms with van der Waals surface area (Å²) in [6.07, 6.45) is 20.6. The highest BCUT2D eigenvalue weighted by Gasteiger charge is 2.27. The molecule has 10 nitrogen and oxygen atoms in total. The first-order valence-electron chi connectivity index (χ1n) is 17.6. The fourth-order valence-corrected chi connectivity index (χ4v) is 5.60. The normalized spacial score (nSPS) is 30.7. The number of methoxy groups -OCH3 is 3. The van der Waals surface area contributed by atoms with Crippen LogP contribution in [-0.2, 0) is 42.7 Å². The summed E-state index contributed by atoms with van der Waals surface area (Å²) in [6.45, 7) is 11.1. The van der Waals surface area contributed by atoms with Gasteiger partial charge in [0.25, 0.3) is 0 Å². The van der Waals surface area contributed by atoms with E-state index in [9.17, 15) is 9.59 Å². The number of likely N-dealkylation sites (N-methyl/N-ethyl adjacent to an activating group) is 1. The summed E-state index contributed by atoms with van der Waals surface area (Å²) in [7, 11) is 6.31. The van der Waals surface area contributed by atoms with Crippen LogP contribution in [0.2, 0.25) is 0 Å². The zero-order valence-corrected chi connectivity index (χ0v) is 31.0.